The van der Waals surface area contributed by atoms with Crippen molar-refractivity contribution < 1.29 is 14.0 Å². The number of hydrogen-bond acceptors (Lipinski definition) is 2. The molecule has 0 spiro atoms. The third kappa shape index (κ3) is 23.7. The van der Waals surface area contributed by atoms with Crippen LogP contribution in [-0.2, 0) is 0 Å². The van der Waals surface area contributed by atoms with E-state index in [1.54, 1.807) is 14.2 Å². The van der Waals surface area contributed by atoms with Gasteiger partial charge in [0.2, 0.25) is 0 Å². The summed E-state index contributed by atoms with van der Waals surface area (Å²) in [5.41, 5.74) is 2.90. The van der Waals surface area contributed by atoms with Crippen molar-refractivity contribution in [3.8, 4) is 11.5 Å². The summed E-state index contributed by atoms with van der Waals surface area (Å²) < 4.78 is 12.2. The van der Waals surface area contributed by atoms with Gasteiger partial charge in [-0.25, -0.2) is 10.9 Å². The lowest BCUT2D eigenvalue weighted by atomic mass is 9.15. The third-order valence-corrected chi connectivity index (χ3v) is 13.6. The first-order valence-electron chi connectivity index (χ1n) is 25.8. The topological polar surface area (TPSA) is 18.5 Å². The molecule has 0 heterocycles. The quantitative estimate of drug-likeness (QED) is 0.0382. The molecule has 2 aromatic carbocycles. The molecule has 2 aromatic rings. The van der Waals surface area contributed by atoms with Gasteiger partial charge in [0, 0.05) is 0 Å². The van der Waals surface area contributed by atoms with Gasteiger partial charge in [-0.1, -0.05) is 194 Å². The Morgan fingerprint density at radius 1 is 0.328 bits per heavy atom. The lowest BCUT2D eigenvalue weighted by Crippen LogP contribution is -2.58. The third-order valence-electron chi connectivity index (χ3n) is 13.6. The average Bonchev–Trinajstić information content (AvgIpc) is 3.26. The SMILES string of the molecule is CCCCCCCC[N+](CCCCCCCC)(CCCCCCCC)CCCCCCCC.CCCC[B-](CCCC)(c1ccc(OC)cc1)c1ccc(OC)cc1. The standard InChI is InChI=1S/C32H68N.C22H32BO2/c1-5-9-13-17-21-25-29-33(30-26-22-18-14-10-6-2,31-27-23-19-15-11-7-3)32-28-24-20-16-12-8-4;1-5-7-17-23(18-8-6-2,19-9-13-21(24-3)14-10-19)20-11-15-22(25-4)16-12-20/h5-32H2,1-4H3;9-16H,5-8,17-18H2,1-4H3/q+1;-1. The van der Waals surface area contributed by atoms with Crippen molar-refractivity contribution >= 4 is 17.1 Å². The Balaban J connectivity index is 0.000000600. The molecule has 0 unspecified atom stereocenters. The molecular weight excluding hydrogens is 705 g/mol. The van der Waals surface area contributed by atoms with Gasteiger partial charge in [-0.3, -0.25) is 0 Å². The molecule has 0 saturated carbocycles. The minimum Gasteiger partial charge on any atom is -0.497 e. The highest BCUT2D eigenvalue weighted by molar-refractivity contribution is 7.02. The summed E-state index contributed by atoms with van der Waals surface area (Å²) in [6, 6.07) is 17.5. The minimum absolute atomic E-state index is 0.764. The Labute approximate surface area is 364 Å². The van der Waals surface area contributed by atoms with Crippen molar-refractivity contribution in [2.24, 2.45) is 0 Å². The molecule has 0 N–H and O–H groups in total. The molecule has 58 heavy (non-hydrogen) atoms. The highest BCUT2D eigenvalue weighted by Gasteiger charge is 2.28. The predicted octanol–water partition coefficient (Wildman–Crippen LogP) is 16.1. The lowest BCUT2D eigenvalue weighted by molar-refractivity contribution is -0.929. The second kappa shape index (κ2) is 36.9. The van der Waals surface area contributed by atoms with Gasteiger partial charge >= 0.3 is 0 Å². The zero-order valence-electron chi connectivity index (χ0n) is 40.5. The monoisotopic (exact) mass is 806 g/mol. The van der Waals surface area contributed by atoms with Crippen LogP contribution in [0.1, 0.15) is 221 Å². The number of quaternary nitrogens is 1. The molecule has 0 fully saturated rings. The maximum atomic E-state index is 5.37. The summed E-state index contributed by atoms with van der Waals surface area (Å²) in [6.07, 6.45) is 41.4. The number of methoxy groups -OCH3 is 2. The molecule has 3 nitrogen and oxygen atoms in total. The Kier molecular flexibility index (Phi) is 34.4. The fraction of sp³-hybridized carbons (Fsp3) is 0.778. The minimum atomic E-state index is -0.764. The Morgan fingerprint density at radius 2 is 0.569 bits per heavy atom. The normalized spacial score (nSPS) is 11.7. The van der Waals surface area contributed by atoms with Gasteiger partial charge in [0.05, 0.1) is 46.5 Å². The Bertz CT molecular complexity index is 1020. The zero-order chi connectivity index (χ0) is 42.4. The summed E-state index contributed by atoms with van der Waals surface area (Å²) in [6.45, 7) is 19.8. The largest absolute Gasteiger partial charge is 0.497 e. The summed E-state index contributed by atoms with van der Waals surface area (Å²) in [5.74, 6) is 1.85. The second-order valence-corrected chi connectivity index (χ2v) is 18.4. The van der Waals surface area contributed by atoms with Crippen LogP contribution in [0.5, 0.6) is 11.5 Å². The Hall–Kier alpha value is -1.94. The second-order valence-electron chi connectivity index (χ2n) is 18.4. The number of nitrogens with zero attached hydrogens (tertiary/aromatic N) is 1. The van der Waals surface area contributed by atoms with Crippen molar-refractivity contribution in [2.75, 3.05) is 40.4 Å². The van der Waals surface area contributed by atoms with E-state index in [1.165, 1.54) is 234 Å². The van der Waals surface area contributed by atoms with E-state index in [4.69, 9.17) is 9.47 Å². The van der Waals surface area contributed by atoms with Gasteiger partial charge in [0.15, 0.2) is 0 Å². The van der Waals surface area contributed by atoms with E-state index in [9.17, 15) is 0 Å². The van der Waals surface area contributed by atoms with E-state index in [0.717, 1.165) is 11.5 Å². The summed E-state index contributed by atoms with van der Waals surface area (Å²) in [4.78, 5) is 0. The van der Waals surface area contributed by atoms with Gasteiger partial charge in [-0.15, -0.1) is 0 Å². The molecular formula is C54H100BNO2. The van der Waals surface area contributed by atoms with Crippen LogP contribution in [0.15, 0.2) is 48.5 Å². The lowest BCUT2D eigenvalue weighted by Gasteiger charge is -2.42. The fourth-order valence-corrected chi connectivity index (χ4v) is 9.63. The number of ether oxygens (including phenoxy) is 2. The van der Waals surface area contributed by atoms with Crippen molar-refractivity contribution in [3.63, 3.8) is 0 Å². The summed E-state index contributed by atoms with van der Waals surface area (Å²) in [5, 5.41) is 0. The van der Waals surface area contributed by atoms with Crippen molar-refractivity contribution in [2.45, 2.75) is 234 Å². The molecule has 0 aliphatic heterocycles. The van der Waals surface area contributed by atoms with E-state index in [0.29, 0.717) is 0 Å². The average molecular weight is 806 g/mol. The van der Waals surface area contributed by atoms with Crippen LogP contribution < -0.4 is 20.4 Å². The predicted molar refractivity (Wildman–Crippen MR) is 264 cm³/mol. The van der Waals surface area contributed by atoms with Gasteiger partial charge in [0.25, 0.3) is 0 Å². The van der Waals surface area contributed by atoms with Crippen LogP contribution >= 0.6 is 0 Å². The van der Waals surface area contributed by atoms with Crippen LogP contribution in [0.3, 0.4) is 0 Å². The number of benzene rings is 2. The molecule has 0 atom stereocenters. The number of rotatable bonds is 38. The molecule has 0 aliphatic carbocycles. The summed E-state index contributed by atoms with van der Waals surface area (Å²) >= 11 is 0. The Morgan fingerprint density at radius 3 is 0.810 bits per heavy atom. The van der Waals surface area contributed by atoms with Crippen molar-refractivity contribution in [3.05, 3.63) is 48.5 Å². The van der Waals surface area contributed by atoms with E-state index < -0.39 is 6.15 Å². The number of unbranched alkanes of at least 4 members (excludes halogenated alkanes) is 22. The fourth-order valence-electron chi connectivity index (χ4n) is 9.63. The van der Waals surface area contributed by atoms with Crippen LogP contribution in [0.25, 0.3) is 0 Å². The molecule has 0 saturated heterocycles. The maximum absolute atomic E-state index is 5.37. The molecule has 336 valence electrons. The zero-order valence-corrected chi connectivity index (χ0v) is 40.5. The van der Waals surface area contributed by atoms with Gasteiger partial charge in [0.1, 0.15) is 11.5 Å². The molecule has 4 heteroatoms. The van der Waals surface area contributed by atoms with E-state index in [2.05, 4.69) is 90.1 Å². The molecule has 0 aromatic heterocycles. The summed E-state index contributed by atoms with van der Waals surface area (Å²) in [7, 11) is 3.45. The van der Waals surface area contributed by atoms with Gasteiger partial charge in [-0.2, -0.15) is 12.6 Å². The van der Waals surface area contributed by atoms with E-state index >= 15 is 0 Å². The number of hydrogen-bond donors (Lipinski definition) is 0. The molecule has 2 rings (SSSR count). The highest BCUT2D eigenvalue weighted by atomic mass is 16.5. The first-order chi connectivity index (χ1) is 28.4. The van der Waals surface area contributed by atoms with Gasteiger partial charge in [-0.05, 0) is 75.6 Å². The molecule has 0 bridgehead atoms. The van der Waals surface area contributed by atoms with Gasteiger partial charge < -0.3 is 14.0 Å². The van der Waals surface area contributed by atoms with Crippen LogP contribution in [-0.4, -0.2) is 51.0 Å². The van der Waals surface area contributed by atoms with Crippen molar-refractivity contribution in [1.82, 2.24) is 0 Å². The molecule has 0 radical (unpaired) electrons. The molecule has 0 amide bonds. The smallest absolute Gasteiger partial charge is 0.118 e. The van der Waals surface area contributed by atoms with E-state index in [-0.39, 0.29) is 0 Å². The maximum Gasteiger partial charge on any atom is 0.118 e. The van der Waals surface area contributed by atoms with Crippen molar-refractivity contribution in [1.29, 1.82) is 0 Å². The first-order valence-corrected chi connectivity index (χ1v) is 25.8. The van der Waals surface area contributed by atoms with E-state index in [1.807, 2.05) is 0 Å². The van der Waals surface area contributed by atoms with Crippen LogP contribution in [0.2, 0.25) is 12.6 Å². The van der Waals surface area contributed by atoms with Crippen LogP contribution in [0, 0.1) is 0 Å². The van der Waals surface area contributed by atoms with Crippen LogP contribution in [0.4, 0.5) is 0 Å². The highest BCUT2D eigenvalue weighted by Crippen LogP contribution is 2.25. The molecule has 0 aliphatic rings. The first kappa shape index (κ1) is 54.1.